The molecule has 23 heavy (non-hydrogen) atoms. The third-order valence-electron chi connectivity index (χ3n) is 2.95. The van der Waals surface area contributed by atoms with Gasteiger partial charge in [0.15, 0.2) is 0 Å². The molecule has 0 saturated carbocycles. The maximum Gasteiger partial charge on any atom is 0.333 e. The minimum Gasteiger partial charge on any atom is -0.366 e. The molecule has 7 nitrogen and oxygen atoms in total. The summed E-state index contributed by atoms with van der Waals surface area (Å²) in [4.78, 5) is 22.8. The summed E-state index contributed by atoms with van der Waals surface area (Å²) in [5.74, 6) is -0.594. The second-order valence-corrected chi connectivity index (χ2v) is 6.50. The Morgan fingerprint density at radius 3 is 2.26 bits per heavy atom. The van der Waals surface area contributed by atoms with Crippen LogP contribution in [0.1, 0.15) is 15.9 Å². The van der Waals surface area contributed by atoms with Gasteiger partial charge in [-0.3, -0.25) is 4.79 Å². The predicted octanol–water partition coefficient (Wildman–Crippen LogP) is 1.60. The Balaban J connectivity index is 2.08. The average Bonchev–Trinajstić information content (AvgIpc) is 2.47. The van der Waals surface area contributed by atoms with Crippen LogP contribution in [0.2, 0.25) is 0 Å². The normalized spacial score (nSPS) is 10.8. The van der Waals surface area contributed by atoms with Crippen LogP contribution < -0.4 is 15.8 Å². The van der Waals surface area contributed by atoms with Crippen molar-refractivity contribution in [2.45, 2.75) is 11.8 Å². The molecule has 0 aliphatic carbocycles. The van der Waals surface area contributed by atoms with E-state index in [1.165, 1.54) is 36.4 Å². The van der Waals surface area contributed by atoms with Gasteiger partial charge in [-0.1, -0.05) is 12.1 Å². The molecule has 0 aromatic heterocycles. The molecule has 0 atom stereocenters. The van der Waals surface area contributed by atoms with E-state index >= 15 is 0 Å². The van der Waals surface area contributed by atoms with E-state index in [2.05, 4.69) is 5.32 Å². The number of hydrogen-bond donors (Lipinski definition) is 3. The molecule has 0 fully saturated rings. The highest BCUT2D eigenvalue weighted by atomic mass is 32.2. The van der Waals surface area contributed by atoms with Crippen molar-refractivity contribution in [1.82, 2.24) is 4.72 Å². The molecule has 120 valence electrons. The molecule has 0 spiro atoms. The Morgan fingerprint density at radius 1 is 1.04 bits per heavy atom. The van der Waals surface area contributed by atoms with Gasteiger partial charge in [-0.15, -0.1) is 0 Å². The zero-order chi connectivity index (χ0) is 17.0. The lowest BCUT2D eigenvalue weighted by Crippen LogP contribution is -2.34. The molecule has 0 unspecified atom stereocenters. The van der Waals surface area contributed by atoms with Crippen LogP contribution >= 0.6 is 0 Å². The Morgan fingerprint density at radius 2 is 1.70 bits per heavy atom. The summed E-state index contributed by atoms with van der Waals surface area (Å²) in [5, 5.41) is 2.37. The molecule has 2 aromatic rings. The molecule has 2 aromatic carbocycles. The van der Waals surface area contributed by atoms with Crippen molar-refractivity contribution in [3.63, 3.8) is 0 Å². The maximum atomic E-state index is 12.1. The summed E-state index contributed by atoms with van der Waals surface area (Å²) < 4.78 is 26.1. The van der Waals surface area contributed by atoms with Gasteiger partial charge in [-0.2, -0.15) is 0 Å². The van der Waals surface area contributed by atoms with Crippen LogP contribution in [0.4, 0.5) is 10.5 Å². The van der Waals surface area contributed by atoms with Gasteiger partial charge < -0.3 is 11.1 Å². The largest absolute Gasteiger partial charge is 0.366 e. The summed E-state index contributed by atoms with van der Waals surface area (Å²) in [6, 6.07) is 11.0. The molecular weight excluding hydrogens is 318 g/mol. The smallest absolute Gasteiger partial charge is 0.333 e. The van der Waals surface area contributed by atoms with Gasteiger partial charge in [0.25, 0.3) is 10.0 Å². The second-order valence-electron chi connectivity index (χ2n) is 4.82. The van der Waals surface area contributed by atoms with Crippen molar-refractivity contribution in [2.24, 2.45) is 5.73 Å². The molecule has 8 heteroatoms. The Hall–Kier alpha value is -2.87. The summed E-state index contributed by atoms with van der Waals surface area (Å²) >= 11 is 0. The number of urea groups is 1. The van der Waals surface area contributed by atoms with Crippen LogP contribution in [0.3, 0.4) is 0 Å². The van der Waals surface area contributed by atoms with E-state index in [-0.39, 0.29) is 10.5 Å². The molecular formula is C15H15N3O4S. The molecule has 0 aliphatic heterocycles. The number of amides is 3. The van der Waals surface area contributed by atoms with Gasteiger partial charge in [0.05, 0.1) is 4.90 Å². The minimum atomic E-state index is -3.96. The van der Waals surface area contributed by atoms with Crippen LogP contribution in [-0.4, -0.2) is 20.4 Å². The van der Waals surface area contributed by atoms with E-state index in [0.717, 1.165) is 5.56 Å². The number of carbonyl (C=O) groups excluding carboxylic acids is 2. The van der Waals surface area contributed by atoms with Crippen molar-refractivity contribution in [3.05, 3.63) is 59.7 Å². The number of sulfonamides is 1. The topological polar surface area (TPSA) is 118 Å². The summed E-state index contributed by atoms with van der Waals surface area (Å²) in [7, 11) is -3.96. The van der Waals surface area contributed by atoms with E-state index in [0.29, 0.717) is 5.69 Å². The van der Waals surface area contributed by atoms with Gasteiger partial charge in [0.2, 0.25) is 5.91 Å². The molecule has 0 aliphatic rings. The van der Waals surface area contributed by atoms with Crippen LogP contribution in [0.25, 0.3) is 0 Å². The molecule has 0 bridgehead atoms. The number of nitrogens with two attached hydrogens (primary N) is 1. The highest BCUT2D eigenvalue weighted by Gasteiger charge is 2.17. The first-order valence-corrected chi connectivity index (χ1v) is 8.06. The number of carbonyl (C=O) groups is 2. The van der Waals surface area contributed by atoms with Crippen LogP contribution in [0.15, 0.2) is 53.4 Å². The van der Waals surface area contributed by atoms with E-state index < -0.39 is 22.0 Å². The maximum absolute atomic E-state index is 12.1. The number of hydrogen-bond acceptors (Lipinski definition) is 4. The quantitative estimate of drug-likeness (QED) is 0.787. The van der Waals surface area contributed by atoms with Crippen molar-refractivity contribution >= 4 is 27.6 Å². The number of nitrogens with one attached hydrogen (secondary N) is 2. The van der Waals surface area contributed by atoms with E-state index in [1.807, 2.05) is 4.72 Å². The monoisotopic (exact) mass is 333 g/mol. The molecule has 0 radical (unpaired) electrons. The van der Waals surface area contributed by atoms with Crippen LogP contribution in [0.5, 0.6) is 0 Å². The first-order chi connectivity index (χ1) is 10.8. The number of anilines is 1. The van der Waals surface area contributed by atoms with Crippen LogP contribution in [-0.2, 0) is 10.0 Å². The zero-order valence-corrected chi connectivity index (χ0v) is 13.1. The zero-order valence-electron chi connectivity index (χ0n) is 12.2. The molecule has 0 heterocycles. The Labute approximate surface area is 133 Å². The fourth-order valence-electron chi connectivity index (χ4n) is 1.84. The first kappa shape index (κ1) is 16.5. The number of rotatable bonds is 4. The molecule has 2 rings (SSSR count). The third kappa shape index (κ3) is 4.30. The lowest BCUT2D eigenvalue weighted by atomic mass is 10.2. The second kappa shape index (κ2) is 6.49. The number of aryl methyl sites for hydroxylation is 1. The predicted molar refractivity (Wildman–Crippen MR) is 85.5 cm³/mol. The number of primary amides is 1. The van der Waals surface area contributed by atoms with E-state index in [9.17, 15) is 18.0 Å². The van der Waals surface area contributed by atoms with Gasteiger partial charge in [0, 0.05) is 11.3 Å². The van der Waals surface area contributed by atoms with E-state index in [1.54, 1.807) is 19.1 Å². The SMILES string of the molecule is Cc1cccc(S(=O)(=O)NC(=O)Nc2ccc(C(N)=O)cc2)c1. The van der Waals surface area contributed by atoms with Crippen molar-refractivity contribution < 1.29 is 18.0 Å². The summed E-state index contributed by atoms with van der Waals surface area (Å²) in [6.07, 6.45) is 0. The standard InChI is InChI=1S/C15H15N3O4S/c1-10-3-2-4-13(9-10)23(21,22)18-15(20)17-12-7-5-11(6-8-12)14(16)19/h2-9H,1H3,(H2,16,19)(H2,17,18,20). The number of benzene rings is 2. The Kier molecular flexibility index (Phi) is 4.65. The third-order valence-corrected chi connectivity index (χ3v) is 4.28. The van der Waals surface area contributed by atoms with Crippen molar-refractivity contribution in [2.75, 3.05) is 5.32 Å². The van der Waals surface area contributed by atoms with Gasteiger partial charge in [0.1, 0.15) is 0 Å². The highest BCUT2D eigenvalue weighted by Crippen LogP contribution is 2.12. The summed E-state index contributed by atoms with van der Waals surface area (Å²) in [5.41, 5.74) is 6.47. The molecule has 0 saturated heterocycles. The lowest BCUT2D eigenvalue weighted by Gasteiger charge is -2.09. The van der Waals surface area contributed by atoms with E-state index in [4.69, 9.17) is 5.73 Å². The average molecular weight is 333 g/mol. The molecule has 3 amide bonds. The fourth-order valence-corrected chi connectivity index (χ4v) is 2.85. The first-order valence-electron chi connectivity index (χ1n) is 6.58. The Bertz CT molecular complexity index is 845. The minimum absolute atomic E-state index is 0.00303. The van der Waals surface area contributed by atoms with Gasteiger partial charge in [-0.25, -0.2) is 17.9 Å². The van der Waals surface area contributed by atoms with Crippen molar-refractivity contribution in [3.8, 4) is 0 Å². The van der Waals surface area contributed by atoms with Gasteiger partial charge >= 0.3 is 6.03 Å². The lowest BCUT2D eigenvalue weighted by molar-refractivity contribution is 0.100. The van der Waals surface area contributed by atoms with Crippen LogP contribution in [0, 0.1) is 6.92 Å². The fraction of sp³-hybridized carbons (Fsp3) is 0.0667. The summed E-state index contributed by atoms with van der Waals surface area (Å²) in [6.45, 7) is 1.75. The highest BCUT2D eigenvalue weighted by molar-refractivity contribution is 7.90. The molecule has 4 N–H and O–H groups in total. The van der Waals surface area contributed by atoms with Crippen molar-refractivity contribution in [1.29, 1.82) is 0 Å². The van der Waals surface area contributed by atoms with Gasteiger partial charge in [-0.05, 0) is 48.9 Å².